The van der Waals surface area contributed by atoms with Gasteiger partial charge in [-0.15, -0.1) is 0 Å². The normalized spacial score (nSPS) is 29.4. The van der Waals surface area contributed by atoms with Gasteiger partial charge < -0.3 is 14.8 Å². The van der Waals surface area contributed by atoms with E-state index < -0.39 is 0 Å². The first-order valence-electron chi connectivity index (χ1n) is 7.44. The van der Waals surface area contributed by atoms with Crippen molar-refractivity contribution < 1.29 is 14.3 Å². The second-order valence-corrected chi connectivity index (χ2v) is 5.77. The van der Waals surface area contributed by atoms with Crippen molar-refractivity contribution in [3.63, 3.8) is 0 Å². The minimum atomic E-state index is -0.0500. The average Bonchev–Trinajstić information content (AvgIpc) is 3.01. The number of carbonyl (C=O) groups is 1. The van der Waals surface area contributed by atoms with Crippen LogP contribution >= 0.6 is 0 Å². The Labute approximate surface area is 123 Å². The first kappa shape index (κ1) is 12.9. The van der Waals surface area contributed by atoms with Gasteiger partial charge in [-0.3, -0.25) is 14.6 Å². The van der Waals surface area contributed by atoms with Crippen LogP contribution in [0.4, 0.5) is 0 Å². The van der Waals surface area contributed by atoms with Crippen LogP contribution in [-0.4, -0.2) is 67.8 Å². The van der Waals surface area contributed by atoms with Gasteiger partial charge in [0.25, 0.3) is 5.91 Å². The monoisotopic (exact) mass is 289 g/mol. The molecule has 1 unspecified atom stereocenters. The fourth-order valence-corrected chi connectivity index (χ4v) is 3.27. The van der Waals surface area contributed by atoms with Gasteiger partial charge in [0.1, 0.15) is 0 Å². The maximum absolute atomic E-state index is 12.3. The zero-order valence-corrected chi connectivity index (χ0v) is 11.9. The number of nitrogens with zero attached hydrogens (tertiary/aromatic N) is 2. The molecule has 0 aromatic heterocycles. The lowest BCUT2D eigenvalue weighted by molar-refractivity contribution is 0.0138. The van der Waals surface area contributed by atoms with Crippen LogP contribution in [0.1, 0.15) is 10.4 Å². The number of hydrogen-bond donors (Lipinski definition) is 1. The van der Waals surface area contributed by atoms with E-state index in [1.807, 2.05) is 0 Å². The third kappa shape index (κ3) is 2.45. The van der Waals surface area contributed by atoms with Crippen LogP contribution in [0.25, 0.3) is 0 Å². The highest BCUT2D eigenvalue weighted by molar-refractivity contribution is 5.94. The highest BCUT2D eigenvalue weighted by Crippen LogP contribution is 2.32. The van der Waals surface area contributed by atoms with Gasteiger partial charge in [0, 0.05) is 50.9 Å². The van der Waals surface area contributed by atoms with Gasteiger partial charge in [-0.2, -0.15) is 0 Å². The van der Waals surface area contributed by atoms with Crippen molar-refractivity contribution >= 4 is 5.91 Å². The zero-order chi connectivity index (χ0) is 14.2. The molecule has 112 valence electrons. The van der Waals surface area contributed by atoms with E-state index in [2.05, 4.69) is 15.1 Å². The largest absolute Gasteiger partial charge is 0.454 e. The molecule has 1 aromatic carbocycles. The molecule has 3 fully saturated rings. The lowest BCUT2D eigenvalue weighted by Gasteiger charge is -2.47. The number of amides is 1. The van der Waals surface area contributed by atoms with E-state index in [0.717, 1.165) is 32.7 Å². The zero-order valence-electron chi connectivity index (χ0n) is 11.9. The Morgan fingerprint density at radius 3 is 2.76 bits per heavy atom. The molecule has 4 heterocycles. The van der Waals surface area contributed by atoms with E-state index in [9.17, 15) is 4.79 Å². The molecule has 4 aliphatic rings. The maximum atomic E-state index is 12.3. The van der Waals surface area contributed by atoms with Crippen LogP contribution in [0.2, 0.25) is 0 Å². The summed E-state index contributed by atoms with van der Waals surface area (Å²) in [5, 5.41) is 3.04. The molecule has 0 radical (unpaired) electrons. The molecule has 4 aliphatic heterocycles. The fourth-order valence-electron chi connectivity index (χ4n) is 3.27. The van der Waals surface area contributed by atoms with E-state index >= 15 is 0 Å². The Kier molecular flexibility index (Phi) is 3.20. The summed E-state index contributed by atoms with van der Waals surface area (Å²) < 4.78 is 10.6. The molecule has 21 heavy (non-hydrogen) atoms. The molecule has 3 saturated heterocycles. The summed E-state index contributed by atoms with van der Waals surface area (Å²) in [6.45, 7) is 6.53. The Bertz CT molecular complexity index is 555. The average molecular weight is 289 g/mol. The second-order valence-electron chi connectivity index (χ2n) is 5.77. The predicted octanol–water partition coefficient (Wildman–Crippen LogP) is 0.145. The molecule has 0 aliphatic carbocycles. The number of nitrogens with one attached hydrogen (secondary N) is 1. The van der Waals surface area contributed by atoms with E-state index in [1.165, 1.54) is 0 Å². The molecule has 2 bridgehead atoms. The molecule has 1 amide bonds. The van der Waals surface area contributed by atoms with Crippen molar-refractivity contribution in [2.24, 2.45) is 0 Å². The number of ether oxygens (including phenoxy) is 2. The highest BCUT2D eigenvalue weighted by atomic mass is 16.7. The fraction of sp³-hybridized carbons (Fsp3) is 0.533. The van der Waals surface area contributed by atoms with Gasteiger partial charge in [0.05, 0.1) is 0 Å². The predicted molar refractivity (Wildman–Crippen MR) is 76.7 cm³/mol. The van der Waals surface area contributed by atoms with Gasteiger partial charge in [-0.1, -0.05) is 0 Å². The maximum Gasteiger partial charge on any atom is 0.251 e. The van der Waals surface area contributed by atoms with Crippen LogP contribution in [0.15, 0.2) is 18.2 Å². The van der Waals surface area contributed by atoms with Crippen molar-refractivity contribution in [3.05, 3.63) is 23.8 Å². The highest BCUT2D eigenvalue weighted by Gasteiger charge is 2.31. The Hall–Kier alpha value is -1.79. The third-order valence-electron chi connectivity index (χ3n) is 4.53. The second kappa shape index (κ2) is 5.20. The van der Waals surface area contributed by atoms with Gasteiger partial charge in [0.15, 0.2) is 11.5 Å². The molecule has 1 atom stereocenters. The summed E-state index contributed by atoms with van der Waals surface area (Å²) in [5.41, 5.74) is 0.621. The summed E-state index contributed by atoms with van der Waals surface area (Å²) in [4.78, 5) is 17.2. The van der Waals surface area contributed by atoms with Crippen LogP contribution < -0.4 is 14.8 Å². The number of piperazine rings is 3. The Balaban J connectivity index is 1.37. The van der Waals surface area contributed by atoms with Crippen molar-refractivity contribution in [2.45, 2.75) is 6.04 Å². The lowest BCUT2D eigenvalue weighted by atomic mass is 10.1. The van der Waals surface area contributed by atoms with Crippen molar-refractivity contribution in [1.82, 2.24) is 15.1 Å². The van der Waals surface area contributed by atoms with E-state index in [0.29, 0.717) is 29.6 Å². The third-order valence-corrected chi connectivity index (χ3v) is 4.53. The molecule has 0 saturated carbocycles. The quantitative estimate of drug-likeness (QED) is 0.858. The van der Waals surface area contributed by atoms with Crippen LogP contribution in [0.5, 0.6) is 11.5 Å². The van der Waals surface area contributed by atoms with Crippen molar-refractivity contribution in [3.8, 4) is 11.5 Å². The molecular weight excluding hydrogens is 270 g/mol. The number of rotatable bonds is 3. The summed E-state index contributed by atoms with van der Waals surface area (Å²) in [5.74, 6) is 1.30. The van der Waals surface area contributed by atoms with Crippen molar-refractivity contribution in [2.75, 3.05) is 46.1 Å². The van der Waals surface area contributed by atoms with E-state index in [-0.39, 0.29) is 12.7 Å². The van der Waals surface area contributed by atoms with Gasteiger partial charge in [0.2, 0.25) is 6.79 Å². The lowest BCUT2D eigenvalue weighted by Crippen LogP contribution is -2.63. The molecule has 0 spiro atoms. The van der Waals surface area contributed by atoms with Crippen LogP contribution in [0.3, 0.4) is 0 Å². The number of benzene rings is 1. The van der Waals surface area contributed by atoms with Crippen molar-refractivity contribution in [1.29, 1.82) is 0 Å². The Morgan fingerprint density at radius 1 is 1.19 bits per heavy atom. The molecule has 5 rings (SSSR count). The summed E-state index contributed by atoms with van der Waals surface area (Å²) in [7, 11) is 0. The summed E-state index contributed by atoms with van der Waals surface area (Å²) >= 11 is 0. The summed E-state index contributed by atoms with van der Waals surface area (Å²) in [6, 6.07) is 5.74. The number of hydrogen-bond acceptors (Lipinski definition) is 5. The van der Waals surface area contributed by atoms with Gasteiger partial charge >= 0.3 is 0 Å². The van der Waals surface area contributed by atoms with Crippen LogP contribution in [-0.2, 0) is 0 Å². The minimum absolute atomic E-state index is 0.0500. The Morgan fingerprint density at radius 2 is 2.00 bits per heavy atom. The van der Waals surface area contributed by atoms with Gasteiger partial charge in [-0.05, 0) is 18.2 Å². The standard InChI is InChI=1S/C15H19N3O3/c19-15(11-1-2-13-14(7-11)21-10-20-13)16-8-12-9-17-3-5-18(12)6-4-17/h1-2,7,12H,3-6,8-10H2,(H,16,19). The summed E-state index contributed by atoms with van der Waals surface area (Å²) in [6.07, 6.45) is 0. The van der Waals surface area contributed by atoms with E-state index in [4.69, 9.17) is 9.47 Å². The first-order chi connectivity index (χ1) is 10.3. The molecule has 1 N–H and O–H groups in total. The molecule has 6 heteroatoms. The van der Waals surface area contributed by atoms with Crippen LogP contribution in [0, 0.1) is 0 Å². The smallest absolute Gasteiger partial charge is 0.251 e. The van der Waals surface area contributed by atoms with Gasteiger partial charge in [-0.25, -0.2) is 0 Å². The first-order valence-corrected chi connectivity index (χ1v) is 7.44. The number of carbonyl (C=O) groups excluding carboxylic acids is 1. The molecular formula is C15H19N3O3. The minimum Gasteiger partial charge on any atom is -0.454 e. The topological polar surface area (TPSA) is 54.0 Å². The number of fused-ring (bicyclic) bond motifs is 4. The molecule has 1 aromatic rings. The molecule has 6 nitrogen and oxygen atoms in total. The van der Waals surface area contributed by atoms with E-state index in [1.54, 1.807) is 18.2 Å². The SMILES string of the molecule is O=C(NCC1CN2CCN1CC2)c1ccc2c(c1)OCO2.